The van der Waals surface area contributed by atoms with Gasteiger partial charge in [0.15, 0.2) is 0 Å². The molecule has 0 aromatic heterocycles. The van der Waals surface area contributed by atoms with Crippen molar-refractivity contribution in [3.05, 3.63) is 28.2 Å². The standard InChI is InChI=1S/C12H14BrN3/c1-15-5-7-16(8-6-15)12-4-2-3-11(13)10(12)9-14/h2-4H,5-8H2,1H3. The first-order valence-electron chi connectivity index (χ1n) is 5.34. The summed E-state index contributed by atoms with van der Waals surface area (Å²) in [4.78, 5) is 4.59. The van der Waals surface area contributed by atoms with E-state index in [9.17, 15) is 0 Å². The number of rotatable bonds is 1. The second kappa shape index (κ2) is 4.86. The van der Waals surface area contributed by atoms with E-state index in [1.54, 1.807) is 0 Å². The van der Waals surface area contributed by atoms with Crippen molar-refractivity contribution in [2.45, 2.75) is 0 Å². The van der Waals surface area contributed by atoms with Gasteiger partial charge in [0.2, 0.25) is 0 Å². The number of anilines is 1. The van der Waals surface area contributed by atoms with Gasteiger partial charge in [-0.2, -0.15) is 5.26 Å². The third kappa shape index (κ3) is 2.21. The van der Waals surface area contributed by atoms with Gasteiger partial charge in [-0.15, -0.1) is 0 Å². The highest BCUT2D eigenvalue weighted by Crippen LogP contribution is 2.27. The first kappa shape index (κ1) is 11.4. The van der Waals surface area contributed by atoms with Crippen LogP contribution in [0.5, 0.6) is 0 Å². The van der Waals surface area contributed by atoms with Gasteiger partial charge < -0.3 is 9.80 Å². The molecule has 1 aromatic carbocycles. The molecule has 2 rings (SSSR count). The lowest BCUT2D eigenvalue weighted by atomic mass is 10.1. The first-order chi connectivity index (χ1) is 7.72. The molecule has 1 heterocycles. The number of hydrogen-bond donors (Lipinski definition) is 0. The Morgan fingerprint density at radius 1 is 1.25 bits per heavy atom. The predicted molar refractivity (Wildman–Crippen MR) is 68.6 cm³/mol. The third-order valence-electron chi connectivity index (χ3n) is 2.95. The van der Waals surface area contributed by atoms with E-state index in [0.29, 0.717) is 0 Å². The van der Waals surface area contributed by atoms with Gasteiger partial charge in [0.1, 0.15) is 6.07 Å². The molecule has 0 bridgehead atoms. The smallest absolute Gasteiger partial charge is 0.103 e. The maximum absolute atomic E-state index is 9.16. The van der Waals surface area contributed by atoms with Crippen LogP contribution in [0.1, 0.15) is 5.56 Å². The van der Waals surface area contributed by atoms with Crippen LogP contribution in [0.15, 0.2) is 22.7 Å². The first-order valence-corrected chi connectivity index (χ1v) is 6.14. The molecule has 0 aliphatic carbocycles. The molecule has 1 aliphatic heterocycles. The lowest BCUT2D eigenvalue weighted by Crippen LogP contribution is -2.44. The predicted octanol–water partition coefficient (Wildman–Crippen LogP) is 2.07. The van der Waals surface area contributed by atoms with E-state index in [1.165, 1.54) is 0 Å². The van der Waals surface area contributed by atoms with Crippen molar-refractivity contribution in [1.29, 1.82) is 5.26 Å². The molecular weight excluding hydrogens is 266 g/mol. The van der Waals surface area contributed by atoms with Crippen LogP contribution in [0.4, 0.5) is 5.69 Å². The zero-order chi connectivity index (χ0) is 11.5. The molecule has 0 unspecified atom stereocenters. The zero-order valence-corrected chi connectivity index (χ0v) is 10.9. The number of nitrogens with zero attached hydrogens (tertiary/aromatic N) is 3. The summed E-state index contributed by atoms with van der Waals surface area (Å²) >= 11 is 3.43. The molecule has 0 amide bonds. The third-order valence-corrected chi connectivity index (χ3v) is 3.61. The second-order valence-corrected chi connectivity index (χ2v) is 4.89. The van der Waals surface area contributed by atoms with Gasteiger partial charge in [-0.3, -0.25) is 0 Å². The van der Waals surface area contributed by atoms with Gasteiger partial charge in [-0.25, -0.2) is 0 Å². The molecule has 16 heavy (non-hydrogen) atoms. The van der Waals surface area contributed by atoms with Crippen LogP contribution in [-0.4, -0.2) is 38.1 Å². The maximum Gasteiger partial charge on any atom is 0.103 e. The monoisotopic (exact) mass is 279 g/mol. The van der Waals surface area contributed by atoms with Gasteiger partial charge in [0, 0.05) is 30.7 Å². The van der Waals surface area contributed by atoms with Crippen LogP contribution < -0.4 is 4.90 Å². The highest BCUT2D eigenvalue weighted by Gasteiger charge is 2.17. The fourth-order valence-corrected chi connectivity index (χ4v) is 2.38. The maximum atomic E-state index is 9.16. The lowest BCUT2D eigenvalue weighted by Gasteiger charge is -2.34. The van der Waals surface area contributed by atoms with E-state index in [1.807, 2.05) is 18.2 Å². The SMILES string of the molecule is CN1CCN(c2cccc(Br)c2C#N)CC1. The van der Waals surface area contributed by atoms with Gasteiger partial charge in [-0.05, 0) is 35.1 Å². The number of hydrogen-bond acceptors (Lipinski definition) is 3. The van der Waals surface area contributed by atoms with E-state index in [4.69, 9.17) is 5.26 Å². The van der Waals surface area contributed by atoms with Crippen LogP contribution in [-0.2, 0) is 0 Å². The summed E-state index contributed by atoms with van der Waals surface area (Å²) in [5.41, 5.74) is 1.79. The zero-order valence-electron chi connectivity index (χ0n) is 9.28. The topological polar surface area (TPSA) is 30.3 Å². The van der Waals surface area contributed by atoms with Crippen molar-refractivity contribution >= 4 is 21.6 Å². The fourth-order valence-electron chi connectivity index (χ4n) is 1.93. The summed E-state index contributed by atoms with van der Waals surface area (Å²) in [6.07, 6.45) is 0. The summed E-state index contributed by atoms with van der Waals surface area (Å²) in [6, 6.07) is 8.19. The minimum absolute atomic E-state index is 0.743. The quantitative estimate of drug-likeness (QED) is 0.789. The summed E-state index contributed by atoms with van der Waals surface area (Å²) in [7, 11) is 2.13. The van der Waals surface area contributed by atoms with Crippen LogP contribution in [0.25, 0.3) is 0 Å². The van der Waals surface area contributed by atoms with Crippen LogP contribution in [0.3, 0.4) is 0 Å². The largest absolute Gasteiger partial charge is 0.368 e. The van der Waals surface area contributed by atoms with Crippen molar-refractivity contribution in [1.82, 2.24) is 4.90 Å². The molecule has 0 N–H and O–H groups in total. The van der Waals surface area contributed by atoms with Gasteiger partial charge in [0.25, 0.3) is 0 Å². The van der Waals surface area contributed by atoms with E-state index in [0.717, 1.165) is 41.9 Å². The molecule has 0 atom stereocenters. The van der Waals surface area contributed by atoms with Crippen molar-refractivity contribution in [2.24, 2.45) is 0 Å². The Bertz CT molecular complexity index is 417. The molecule has 4 heteroatoms. The minimum Gasteiger partial charge on any atom is -0.368 e. The van der Waals surface area contributed by atoms with Crippen molar-refractivity contribution in [3.63, 3.8) is 0 Å². The Labute approximate surface area is 104 Å². The number of nitriles is 1. The van der Waals surface area contributed by atoms with Crippen LogP contribution in [0.2, 0.25) is 0 Å². The lowest BCUT2D eigenvalue weighted by molar-refractivity contribution is 0.313. The molecule has 1 saturated heterocycles. The number of benzene rings is 1. The van der Waals surface area contributed by atoms with E-state index < -0.39 is 0 Å². The average molecular weight is 280 g/mol. The molecule has 1 fully saturated rings. The molecule has 3 nitrogen and oxygen atoms in total. The summed E-state index contributed by atoms with van der Waals surface area (Å²) < 4.78 is 0.881. The molecule has 0 saturated carbocycles. The Morgan fingerprint density at radius 3 is 2.56 bits per heavy atom. The van der Waals surface area contributed by atoms with E-state index in [-0.39, 0.29) is 0 Å². The Kier molecular flexibility index (Phi) is 3.47. The van der Waals surface area contributed by atoms with Crippen LogP contribution >= 0.6 is 15.9 Å². The number of piperazine rings is 1. The second-order valence-electron chi connectivity index (χ2n) is 4.04. The molecule has 0 radical (unpaired) electrons. The van der Waals surface area contributed by atoms with Gasteiger partial charge in [-0.1, -0.05) is 6.07 Å². The fraction of sp³-hybridized carbons (Fsp3) is 0.417. The number of halogens is 1. The minimum atomic E-state index is 0.743. The highest BCUT2D eigenvalue weighted by atomic mass is 79.9. The molecule has 0 spiro atoms. The van der Waals surface area contributed by atoms with Gasteiger partial charge >= 0.3 is 0 Å². The average Bonchev–Trinajstić information content (AvgIpc) is 2.30. The van der Waals surface area contributed by atoms with Crippen molar-refractivity contribution < 1.29 is 0 Å². The molecule has 84 valence electrons. The van der Waals surface area contributed by atoms with E-state index >= 15 is 0 Å². The highest BCUT2D eigenvalue weighted by molar-refractivity contribution is 9.10. The summed E-state index contributed by atoms with van der Waals surface area (Å²) in [6.45, 7) is 4.08. The Balaban J connectivity index is 2.27. The van der Waals surface area contributed by atoms with Crippen molar-refractivity contribution in [3.8, 4) is 6.07 Å². The molecule has 1 aromatic rings. The summed E-state index contributed by atoms with van der Waals surface area (Å²) in [5.74, 6) is 0. The van der Waals surface area contributed by atoms with Crippen molar-refractivity contribution in [2.75, 3.05) is 38.1 Å². The Morgan fingerprint density at radius 2 is 1.94 bits per heavy atom. The van der Waals surface area contributed by atoms with Gasteiger partial charge in [0.05, 0.1) is 11.3 Å². The number of likely N-dealkylation sites (N-methyl/N-ethyl adjacent to an activating group) is 1. The molecular formula is C12H14BrN3. The van der Waals surface area contributed by atoms with Crippen LogP contribution in [0, 0.1) is 11.3 Å². The normalized spacial score (nSPS) is 17.2. The van der Waals surface area contributed by atoms with E-state index in [2.05, 4.69) is 38.8 Å². The molecule has 1 aliphatic rings. The Hall–Kier alpha value is -1.05. The summed E-state index contributed by atoms with van der Waals surface area (Å²) in [5, 5.41) is 9.16.